The molecule has 0 aliphatic rings. The summed E-state index contributed by atoms with van der Waals surface area (Å²) in [6.07, 6.45) is 7.64. The summed E-state index contributed by atoms with van der Waals surface area (Å²) in [6.45, 7) is 9.14. The normalized spacial score (nSPS) is 12.6. The fraction of sp³-hybridized carbons (Fsp3) is 0.800. The molecule has 0 atom stereocenters. The van der Waals surface area contributed by atoms with E-state index in [-0.39, 0.29) is 7.92 Å². The molecule has 0 saturated carbocycles. The molecule has 0 radical (unpaired) electrons. The Labute approximate surface area is 72.8 Å². The summed E-state index contributed by atoms with van der Waals surface area (Å²) in [7, 11) is 0.235. The Morgan fingerprint density at radius 2 is 1.64 bits per heavy atom. The van der Waals surface area contributed by atoms with E-state index in [4.69, 9.17) is 0 Å². The molecular formula is C10H21P. The van der Waals surface area contributed by atoms with Crippen LogP contribution in [0.1, 0.15) is 40.5 Å². The van der Waals surface area contributed by atoms with Crippen molar-refractivity contribution in [1.29, 1.82) is 0 Å². The summed E-state index contributed by atoms with van der Waals surface area (Å²) < 4.78 is 0. The quantitative estimate of drug-likeness (QED) is 0.545. The average molecular weight is 172 g/mol. The first kappa shape index (κ1) is 11.2. The van der Waals surface area contributed by atoms with Crippen molar-refractivity contribution in [3.8, 4) is 0 Å². The Bertz CT molecular complexity index is 112. The van der Waals surface area contributed by atoms with Crippen molar-refractivity contribution in [3.63, 3.8) is 0 Å². The molecule has 0 bridgehead atoms. The largest absolute Gasteiger partial charge is 0.0811 e. The van der Waals surface area contributed by atoms with Gasteiger partial charge in [0, 0.05) is 0 Å². The fourth-order valence-corrected chi connectivity index (χ4v) is 3.51. The van der Waals surface area contributed by atoms with E-state index in [0.29, 0.717) is 0 Å². The maximum Gasteiger partial charge on any atom is -0.0306 e. The van der Waals surface area contributed by atoms with E-state index in [1.165, 1.54) is 25.2 Å². The number of allylic oxidation sites excluding steroid dienone is 2. The van der Waals surface area contributed by atoms with Crippen molar-refractivity contribution in [3.05, 3.63) is 11.4 Å². The first-order valence-corrected chi connectivity index (χ1v) is 6.45. The molecule has 0 spiro atoms. The van der Waals surface area contributed by atoms with Gasteiger partial charge in [0.15, 0.2) is 0 Å². The molecule has 0 heterocycles. The second kappa shape index (κ2) is 6.85. The van der Waals surface area contributed by atoms with Gasteiger partial charge in [-0.25, -0.2) is 0 Å². The summed E-state index contributed by atoms with van der Waals surface area (Å²) in [4.78, 5) is 0. The molecule has 0 saturated heterocycles. The van der Waals surface area contributed by atoms with Crippen LogP contribution in [-0.4, -0.2) is 12.3 Å². The Hall–Kier alpha value is 0.170. The average Bonchev–Trinajstić information content (AvgIpc) is 2.05. The van der Waals surface area contributed by atoms with Gasteiger partial charge in [0.1, 0.15) is 0 Å². The monoisotopic (exact) mass is 172 g/mol. The molecule has 0 unspecified atom stereocenters. The highest BCUT2D eigenvalue weighted by Gasteiger charge is 2.05. The number of rotatable bonds is 5. The number of hydrogen-bond donors (Lipinski definition) is 0. The summed E-state index contributed by atoms with van der Waals surface area (Å²) in [6, 6.07) is 0. The summed E-state index contributed by atoms with van der Waals surface area (Å²) in [5.41, 5.74) is 0. The summed E-state index contributed by atoms with van der Waals surface area (Å²) in [5.74, 6) is 0. The molecule has 0 aromatic carbocycles. The molecule has 0 rings (SSSR count). The van der Waals surface area contributed by atoms with E-state index in [1.54, 1.807) is 5.31 Å². The van der Waals surface area contributed by atoms with Crippen molar-refractivity contribution in [1.82, 2.24) is 0 Å². The van der Waals surface area contributed by atoms with E-state index in [2.05, 4.69) is 33.8 Å². The summed E-state index contributed by atoms with van der Waals surface area (Å²) in [5, 5.41) is 1.73. The first-order chi connectivity index (χ1) is 5.29. The fourth-order valence-electron chi connectivity index (χ4n) is 1.36. The predicted molar refractivity (Wildman–Crippen MR) is 56.7 cm³/mol. The zero-order valence-corrected chi connectivity index (χ0v) is 9.25. The van der Waals surface area contributed by atoms with Gasteiger partial charge in [-0.1, -0.05) is 47.0 Å². The van der Waals surface area contributed by atoms with Gasteiger partial charge in [-0.3, -0.25) is 0 Å². The van der Waals surface area contributed by atoms with Crippen LogP contribution in [0.2, 0.25) is 0 Å². The summed E-state index contributed by atoms with van der Waals surface area (Å²) >= 11 is 0. The molecule has 0 aromatic heterocycles. The molecule has 1 heteroatoms. The lowest BCUT2D eigenvalue weighted by molar-refractivity contribution is 1.12. The van der Waals surface area contributed by atoms with Crippen molar-refractivity contribution in [2.45, 2.75) is 40.5 Å². The van der Waals surface area contributed by atoms with Gasteiger partial charge in [0.25, 0.3) is 0 Å². The van der Waals surface area contributed by atoms with Crippen LogP contribution in [0.5, 0.6) is 0 Å². The van der Waals surface area contributed by atoms with Crippen LogP contribution in [0.15, 0.2) is 11.4 Å². The van der Waals surface area contributed by atoms with E-state index in [9.17, 15) is 0 Å². The lowest BCUT2D eigenvalue weighted by Crippen LogP contribution is -1.86. The molecule has 0 aromatic rings. The molecular weight excluding hydrogens is 151 g/mol. The highest BCUT2D eigenvalue weighted by molar-refractivity contribution is 7.61. The predicted octanol–water partition coefficient (Wildman–Crippen LogP) is 4.21. The number of hydrogen-bond acceptors (Lipinski definition) is 0. The van der Waals surface area contributed by atoms with E-state index >= 15 is 0 Å². The van der Waals surface area contributed by atoms with Crippen LogP contribution in [0.3, 0.4) is 0 Å². The Morgan fingerprint density at radius 3 is 1.91 bits per heavy atom. The third-order valence-corrected chi connectivity index (χ3v) is 4.81. The van der Waals surface area contributed by atoms with E-state index in [0.717, 1.165) is 0 Å². The third-order valence-electron chi connectivity index (χ3n) is 1.97. The maximum absolute atomic E-state index is 2.43. The highest BCUT2D eigenvalue weighted by atomic mass is 31.1. The van der Waals surface area contributed by atoms with Crippen molar-refractivity contribution in [2.24, 2.45) is 0 Å². The molecule has 0 amide bonds. The molecule has 11 heavy (non-hydrogen) atoms. The zero-order chi connectivity index (χ0) is 8.69. The van der Waals surface area contributed by atoms with E-state index in [1.807, 2.05) is 0 Å². The van der Waals surface area contributed by atoms with Gasteiger partial charge in [-0.2, -0.15) is 0 Å². The van der Waals surface area contributed by atoms with Crippen LogP contribution in [0.4, 0.5) is 0 Å². The minimum atomic E-state index is 0.235. The molecule has 0 aliphatic heterocycles. The molecule has 0 nitrogen and oxygen atoms in total. The molecule has 0 fully saturated rings. The smallest absolute Gasteiger partial charge is 0.0306 e. The Morgan fingerprint density at radius 1 is 1.09 bits per heavy atom. The van der Waals surface area contributed by atoms with Gasteiger partial charge in [0.05, 0.1) is 0 Å². The topological polar surface area (TPSA) is 0 Å². The standard InChI is InChI=1S/C10H21P/c1-5-9-10(6-2)11(7-3)8-4/h9H,5-8H2,1-4H3. The van der Waals surface area contributed by atoms with Crippen molar-refractivity contribution >= 4 is 7.92 Å². The van der Waals surface area contributed by atoms with Gasteiger partial charge < -0.3 is 0 Å². The second-order valence-corrected chi connectivity index (χ2v) is 5.55. The van der Waals surface area contributed by atoms with Crippen LogP contribution in [-0.2, 0) is 0 Å². The van der Waals surface area contributed by atoms with Crippen LogP contribution < -0.4 is 0 Å². The highest BCUT2D eigenvalue weighted by Crippen LogP contribution is 2.45. The first-order valence-electron chi connectivity index (χ1n) is 4.73. The van der Waals surface area contributed by atoms with E-state index < -0.39 is 0 Å². The van der Waals surface area contributed by atoms with Gasteiger partial charge in [-0.05, 0) is 25.2 Å². The molecule has 66 valence electrons. The minimum Gasteiger partial charge on any atom is -0.0811 e. The Balaban J connectivity index is 4.09. The lowest BCUT2D eigenvalue weighted by atomic mass is 10.3. The second-order valence-electron chi connectivity index (χ2n) is 2.63. The maximum atomic E-state index is 2.43. The van der Waals surface area contributed by atoms with Crippen LogP contribution in [0, 0.1) is 0 Å². The third kappa shape index (κ3) is 3.91. The lowest BCUT2D eigenvalue weighted by Gasteiger charge is -2.16. The van der Waals surface area contributed by atoms with Crippen LogP contribution in [0.25, 0.3) is 0 Å². The SMILES string of the molecule is CCC=C(CC)P(CC)CC. The van der Waals surface area contributed by atoms with Crippen molar-refractivity contribution in [2.75, 3.05) is 12.3 Å². The minimum absolute atomic E-state index is 0.235. The van der Waals surface area contributed by atoms with Gasteiger partial charge in [0.2, 0.25) is 0 Å². The van der Waals surface area contributed by atoms with Crippen LogP contribution >= 0.6 is 7.92 Å². The molecule has 0 aliphatic carbocycles. The zero-order valence-electron chi connectivity index (χ0n) is 8.35. The Kier molecular flexibility index (Phi) is 6.96. The molecule has 0 N–H and O–H groups in total. The van der Waals surface area contributed by atoms with Crippen molar-refractivity contribution < 1.29 is 0 Å². The van der Waals surface area contributed by atoms with Gasteiger partial charge >= 0.3 is 0 Å². The van der Waals surface area contributed by atoms with Gasteiger partial charge in [-0.15, -0.1) is 0 Å².